The first kappa shape index (κ1) is 48.2. The predicted octanol–water partition coefficient (Wildman–Crippen LogP) is 0.107. The number of aliphatic hydroxyl groups is 2. The molecule has 0 saturated carbocycles. The first-order chi connectivity index (χ1) is 28.5. The molecule has 4 heterocycles. The van der Waals surface area contributed by atoms with Crippen molar-refractivity contribution in [3.05, 3.63) is 42.5 Å². The molecule has 1 fully saturated rings. The largest absolute Gasteiger partial charge is 0.481 e. The van der Waals surface area contributed by atoms with Gasteiger partial charge in [-0.1, -0.05) is 37.8 Å². The third-order valence-electron chi connectivity index (χ3n) is 8.55. The van der Waals surface area contributed by atoms with Gasteiger partial charge >= 0.3 is 23.5 Å². The molecular weight excluding hydrogens is 899 g/mol. The van der Waals surface area contributed by atoms with E-state index in [2.05, 4.69) is 34.4 Å². The normalized spacial score (nSPS) is 21.6. The van der Waals surface area contributed by atoms with Gasteiger partial charge in [0.2, 0.25) is 23.7 Å². The molecule has 61 heavy (non-hydrogen) atoms. The van der Waals surface area contributed by atoms with Crippen LogP contribution in [-0.4, -0.2) is 130 Å². The Morgan fingerprint density at radius 3 is 2.51 bits per heavy atom. The number of carbonyl (C=O) groups is 3. The molecule has 2 aliphatic heterocycles. The average molecular weight is 942 g/mol. The molecule has 0 radical (unpaired) electrons. The second-order valence-corrected chi connectivity index (χ2v) is 19.0. The number of hydrogen-bond donors (Lipinski definition) is 9. The van der Waals surface area contributed by atoms with Gasteiger partial charge in [-0.05, 0) is 23.8 Å². The van der Waals surface area contributed by atoms with Crippen molar-refractivity contribution in [2.45, 2.75) is 50.9 Å². The van der Waals surface area contributed by atoms with Crippen LogP contribution in [0.1, 0.15) is 32.1 Å². The van der Waals surface area contributed by atoms with Crippen LogP contribution in [0.2, 0.25) is 0 Å². The number of nitrogen functional groups attached to an aromatic ring is 1. The molecule has 5 rings (SSSR count). The Labute approximate surface area is 349 Å². The predicted molar refractivity (Wildman–Crippen MR) is 209 cm³/mol. The van der Waals surface area contributed by atoms with Gasteiger partial charge in [0.15, 0.2) is 29.2 Å². The minimum absolute atomic E-state index is 0.0255. The lowest BCUT2D eigenvalue weighted by molar-refractivity contribution is -0.137. The van der Waals surface area contributed by atoms with E-state index in [1.165, 1.54) is 19.9 Å². The lowest BCUT2D eigenvalue weighted by Gasteiger charge is -2.30. The Hall–Kier alpha value is -3.88. The van der Waals surface area contributed by atoms with Gasteiger partial charge in [-0.15, -0.1) is 0 Å². The van der Waals surface area contributed by atoms with Crippen molar-refractivity contribution in [1.29, 1.82) is 0 Å². The van der Waals surface area contributed by atoms with Crippen LogP contribution in [0.3, 0.4) is 0 Å². The molecule has 2 aliphatic rings. The maximum Gasteiger partial charge on any atom is 0.481 e. The van der Waals surface area contributed by atoms with Crippen LogP contribution >= 0.6 is 35.2 Å². The van der Waals surface area contributed by atoms with E-state index >= 15 is 0 Å². The molecule has 0 aliphatic carbocycles. The lowest BCUT2D eigenvalue weighted by atomic mass is 9.87. The second-order valence-electron chi connectivity index (χ2n) is 13.7. The number of imidazole rings is 1. The molecule has 7 atom stereocenters. The van der Waals surface area contributed by atoms with Crippen molar-refractivity contribution >= 4 is 75.2 Å². The Kier molecular flexibility index (Phi) is 15.9. The van der Waals surface area contributed by atoms with Crippen molar-refractivity contribution in [3.8, 4) is 11.5 Å². The Bertz CT molecular complexity index is 2260. The van der Waals surface area contributed by atoms with Crippen molar-refractivity contribution in [1.82, 2.24) is 30.2 Å². The summed E-state index contributed by atoms with van der Waals surface area (Å²) in [5, 5.41) is 26.2. The van der Waals surface area contributed by atoms with E-state index in [1.54, 1.807) is 24.3 Å². The van der Waals surface area contributed by atoms with E-state index in [1.807, 2.05) is 0 Å². The number of amides is 2. The highest BCUT2D eigenvalue weighted by Crippen LogP contribution is 2.61. The second kappa shape index (κ2) is 20.1. The average Bonchev–Trinajstić information content (AvgIpc) is 3.90. The lowest BCUT2D eigenvalue weighted by Crippen LogP contribution is -2.46. The summed E-state index contributed by atoms with van der Waals surface area (Å²) in [7, 11) is -16.4. The van der Waals surface area contributed by atoms with E-state index in [0.29, 0.717) is 11.5 Å². The summed E-state index contributed by atoms with van der Waals surface area (Å²) in [5.74, 6) is -0.0565. The third-order valence-corrected chi connectivity index (χ3v) is 12.5. The van der Waals surface area contributed by atoms with E-state index in [9.17, 15) is 57.9 Å². The van der Waals surface area contributed by atoms with Crippen LogP contribution in [-0.2, 0) is 50.7 Å². The van der Waals surface area contributed by atoms with Gasteiger partial charge < -0.3 is 60.4 Å². The number of ether oxygens (including phenoxy) is 3. The number of hydrogen-bond acceptors (Lipinski definition) is 20. The number of anilines is 1. The van der Waals surface area contributed by atoms with Gasteiger partial charge in [0.25, 0.3) is 0 Å². The topological polar surface area (TPSA) is 382 Å². The van der Waals surface area contributed by atoms with E-state index in [0.717, 1.165) is 34.5 Å². The monoisotopic (exact) mass is 941 g/mol. The summed E-state index contributed by atoms with van der Waals surface area (Å²) >= 11 is 0.972. The molecule has 3 aromatic rings. The minimum Gasteiger partial charge on any atom is -0.454 e. The number of aliphatic hydroxyl groups excluding tert-OH is 2. The molecule has 10 N–H and O–H groups in total. The summed E-state index contributed by atoms with van der Waals surface area (Å²) < 4.78 is 72.8. The highest BCUT2D eigenvalue weighted by atomic mass is 32.2. The van der Waals surface area contributed by atoms with Crippen LogP contribution in [0.25, 0.3) is 17.2 Å². The number of nitrogens with one attached hydrogen (secondary N) is 2. The van der Waals surface area contributed by atoms with Gasteiger partial charge in [0.05, 0.1) is 19.5 Å². The Morgan fingerprint density at radius 2 is 1.77 bits per heavy atom. The summed E-state index contributed by atoms with van der Waals surface area (Å²) in [6.07, 6.45) is -4.01. The molecule has 336 valence electrons. The summed E-state index contributed by atoms with van der Waals surface area (Å²) in [5.41, 5.74) is 4.98. The Morgan fingerprint density at radius 1 is 1.05 bits per heavy atom. The van der Waals surface area contributed by atoms with Crippen LogP contribution in [0, 0.1) is 5.41 Å². The van der Waals surface area contributed by atoms with Gasteiger partial charge in [-0.25, -0.2) is 28.6 Å². The quantitative estimate of drug-likeness (QED) is 0.0389. The number of benzene rings is 1. The molecule has 2 amide bonds. The van der Waals surface area contributed by atoms with Gasteiger partial charge in [0, 0.05) is 30.7 Å². The standard InChI is InChI=1S/C31H42N7O19P3S/c1-31(2,26(42)29(43)34-8-7-21(39)33-9-10-61-22(40)6-4-17-3-5-18-19(11-17)52-16-51-18)13-54-60(49,50)57-59(47,48)53-12-20-25(56-58(44,45)46)24(41)30(55-20)38-15-37-23-27(32)35-14-36-28(23)38/h3-6,11,14-15,20,24-26,30,41-42H,7-10,12-13,16H2,1-2H3,(H,33,39)(H,34,43)(H,47,48)(H,49,50)(H2,32,35,36)(H2,44,45,46)/t20-,24-,25-,26+,30-/m1/s1. The smallest absolute Gasteiger partial charge is 0.454 e. The zero-order valence-corrected chi connectivity index (χ0v) is 35.5. The van der Waals surface area contributed by atoms with Gasteiger partial charge in [-0.3, -0.25) is 32.5 Å². The van der Waals surface area contributed by atoms with Gasteiger partial charge in [-0.2, -0.15) is 4.31 Å². The first-order valence-electron chi connectivity index (χ1n) is 17.7. The van der Waals surface area contributed by atoms with E-state index < -0.39 is 84.6 Å². The van der Waals surface area contributed by atoms with Crippen molar-refractivity contribution in [2.24, 2.45) is 5.41 Å². The number of nitrogens with two attached hydrogens (primary N) is 1. The number of phosphoric acid groups is 3. The van der Waals surface area contributed by atoms with E-state index in [4.69, 9.17) is 29.0 Å². The van der Waals surface area contributed by atoms with Crippen LogP contribution in [0.15, 0.2) is 36.9 Å². The number of fused-ring (bicyclic) bond motifs is 2. The molecule has 2 unspecified atom stereocenters. The summed E-state index contributed by atoms with van der Waals surface area (Å²) in [4.78, 5) is 88.0. The molecule has 30 heteroatoms. The fourth-order valence-electron chi connectivity index (χ4n) is 5.51. The Balaban J connectivity index is 1.02. The molecule has 1 saturated heterocycles. The maximum atomic E-state index is 12.7. The first-order valence-corrected chi connectivity index (χ1v) is 23.2. The zero-order valence-electron chi connectivity index (χ0n) is 32.0. The minimum atomic E-state index is -5.58. The van der Waals surface area contributed by atoms with Gasteiger partial charge in [0.1, 0.15) is 36.3 Å². The number of nitrogens with zero attached hydrogens (tertiary/aromatic N) is 4. The number of thioether (sulfide) groups is 1. The highest BCUT2D eigenvalue weighted by Gasteiger charge is 2.50. The van der Waals surface area contributed by atoms with Crippen molar-refractivity contribution < 1.29 is 90.0 Å². The maximum absolute atomic E-state index is 12.7. The molecule has 0 bridgehead atoms. The fraction of sp³-hybridized carbons (Fsp3) is 0.484. The molecule has 2 aromatic heterocycles. The number of rotatable bonds is 21. The van der Waals surface area contributed by atoms with E-state index in [-0.39, 0.29) is 54.2 Å². The number of aromatic nitrogens is 4. The zero-order chi connectivity index (χ0) is 44.8. The number of carbonyl (C=O) groups excluding carboxylic acids is 3. The highest BCUT2D eigenvalue weighted by molar-refractivity contribution is 8.14. The SMILES string of the molecule is CC(C)(COP(=O)(O)OP(=O)(O)OC[C@H]1O[C@@H](n2cnc3c(N)ncnc32)[C@H](O)[C@@H]1OP(=O)(O)O)[C@@H](O)C(=O)NCCC(=O)NCCSC(=O)C=Cc1ccc2c(c1)OCO2. The molecule has 26 nitrogen and oxygen atoms in total. The molecule has 1 aromatic carbocycles. The number of phosphoric ester groups is 3. The molecular formula is C31H42N7O19P3S. The summed E-state index contributed by atoms with van der Waals surface area (Å²) in [6, 6.07) is 5.23. The summed E-state index contributed by atoms with van der Waals surface area (Å²) in [6.45, 7) is 0.493. The van der Waals surface area contributed by atoms with Crippen LogP contribution < -0.4 is 25.8 Å². The van der Waals surface area contributed by atoms with Crippen molar-refractivity contribution in [3.63, 3.8) is 0 Å². The fourth-order valence-corrected chi connectivity index (χ4v) is 8.91. The van der Waals surface area contributed by atoms with Crippen LogP contribution in [0.4, 0.5) is 5.82 Å². The molecule has 0 spiro atoms. The van der Waals surface area contributed by atoms with Crippen LogP contribution in [0.5, 0.6) is 11.5 Å². The third kappa shape index (κ3) is 13.6. The van der Waals surface area contributed by atoms with Crippen molar-refractivity contribution in [2.75, 3.05) is 44.6 Å².